The van der Waals surface area contributed by atoms with Crippen molar-refractivity contribution in [3.63, 3.8) is 0 Å². The summed E-state index contributed by atoms with van der Waals surface area (Å²) in [6, 6.07) is 4.70. The van der Waals surface area contributed by atoms with Gasteiger partial charge in [-0.15, -0.1) is 0 Å². The predicted molar refractivity (Wildman–Crippen MR) is 63.1 cm³/mol. The summed E-state index contributed by atoms with van der Waals surface area (Å²) in [5.74, 6) is 0.250. The molecule has 1 N–H and O–H groups in total. The highest BCUT2D eigenvalue weighted by molar-refractivity contribution is 6.30. The average molecular weight is 244 g/mol. The molecule has 1 rings (SSSR count). The third-order valence-electron chi connectivity index (χ3n) is 2.09. The summed E-state index contributed by atoms with van der Waals surface area (Å²) in [6.45, 7) is 1.71. The Labute approximate surface area is 99.5 Å². The van der Waals surface area contributed by atoms with Crippen molar-refractivity contribution < 1.29 is 14.3 Å². The Balaban J connectivity index is 2.84. The van der Waals surface area contributed by atoms with Crippen LogP contribution < -0.4 is 10.1 Å². The number of hydrogen-bond donors (Lipinski definition) is 1. The Kier molecular flexibility index (Phi) is 4.43. The Bertz CT molecular complexity index is 381. The monoisotopic (exact) mass is 243 g/mol. The van der Waals surface area contributed by atoms with Crippen molar-refractivity contribution in [3.05, 3.63) is 23.2 Å². The molecule has 0 heterocycles. The second-order valence-electron chi connectivity index (χ2n) is 3.23. The van der Waals surface area contributed by atoms with Crippen molar-refractivity contribution >= 4 is 23.3 Å². The number of carbonyl (C=O) groups excluding carboxylic acids is 1. The number of halogens is 1. The zero-order chi connectivity index (χ0) is 12.1. The molecule has 1 aromatic carbocycles. The van der Waals surface area contributed by atoms with Gasteiger partial charge in [0.05, 0.1) is 19.9 Å². The van der Waals surface area contributed by atoms with E-state index in [1.54, 1.807) is 32.2 Å². The van der Waals surface area contributed by atoms with E-state index in [4.69, 9.17) is 16.3 Å². The van der Waals surface area contributed by atoms with Gasteiger partial charge in [-0.25, -0.2) is 4.79 Å². The number of benzene rings is 1. The summed E-state index contributed by atoms with van der Waals surface area (Å²) in [7, 11) is 2.89. The minimum Gasteiger partial charge on any atom is -0.495 e. The van der Waals surface area contributed by atoms with Gasteiger partial charge >= 0.3 is 5.97 Å². The van der Waals surface area contributed by atoms with Crippen LogP contribution in [0.3, 0.4) is 0 Å². The van der Waals surface area contributed by atoms with E-state index in [2.05, 4.69) is 10.1 Å². The van der Waals surface area contributed by atoms with E-state index >= 15 is 0 Å². The standard InChI is InChI=1S/C11H14ClNO3/c1-7(11(14)16-3)13-9-5-4-8(12)6-10(9)15-2/h4-7,13H,1-3H3. The average Bonchev–Trinajstić information content (AvgIpc) is 2.30. The highest BCUT2D eigenvalue weighted by Gasteiger charge is 2.14. The van der Waals surface area contributed by atoms with Crippen molar-refractivity contribution in [2.45, 2.75) is 13.0 Å². The van der Waals surface area contributed by atoms with Crippen molar-refractivity contribution in [3.8, 4) is 5.75 Å². The molecule has 0 amide bonds. The van der Waals surface area contributed by atoms with Gasteiger partial charge in [0.15, 0.2) is 0 Å². The fourth-order valence-electron chi connectivity index (χ4n) is 1.25. The SMILES string of the molecule is COC(=O)C(C)Nc1ccc(Cl)cc1OC. The van der Waals surface area contributed by atoms with Crippen molar-refractivity contribution in [2.24, 2.45) is 0 Å². The van der Waals surface area contributed by atoms with Gasteiger partial charge in [-0.1, -0.05) is 11.6 Å². The molecule has 0 aliphatic carbocycles. The summed E-state index contributed by atoms with van der Waals surface area (Å²) in [6.07, 6.45) is 0. The zero-order valence-corrected chi connectivity index (χ0v) is 10.2. The first-order valence-corrected chi connectivity index (χ1v) is 5.14. The van der Waals surface area contributed by atoms with E-state index in [0.29, 0.717) is 16.5 Å². The number of methoxy groups -OCH3 is 2. The highest BCUT2D eigenvalue weighted by Crippen LogP contribution is 2.28. The normalized spacial score (nSPS) is 11.8. The Morgan fingerprint density at radius 3 is 2.69 bits per heavy atom. The molecule has 0 saturated carbocycles. The Morgan fingerprint density at radius 1 is 1.44 bits per heavy atom. The number of carbonyl (C=O) groups is 1. The van der Waals surface area contributed by atoms with Gasteiger partial charge < -0.3 is 14.8 Å². The highest BCUT2D eigenvalue weighted by atomic mass is 35.5. The van der Waals surface area contributed by atoms with Crippen LogP contribution in [0.25, 0.3) is 0 Å². The molecule has 0 bridgehead atoms. The minimum absolute atomic E-state index is 0.336. The second-order valence-corrected chi connectivity index (χ2v) is 3.67. The van der Waals surface area contributed by atoms with Crippen LogP contribution in [0.15, 0.2) is 18.2 Å². The maximum atomic E-state index is 11.2. The summed E-state index contributed by atoms with van der Waals surface area (Å²) >= 11 is 5.82. The number of ether oxygens (including phenoxy) is 2. The third-order valence-corrected chi connectivity index (χ3v) is 2.33. The summed E-state index contributed by atoms with van der Waals surface area (Å²) in [4.78, 5) is 11.2. The molecule has 0 radical (unpaired) electrons. The second kappa shape index (κ2) is 5.61. The molecule has 5 heteroatoms. The fraction of sp³-hybridized carbons (Fsp3) is 0.364. The van der Waals surface area contributed by atoms with E-state index in [1.165, 1.54) is 7.11 Å². The van der Waals surface area contributed by atoms with Crippen molar-refractivity contribution in [2.75, 3.05) is 19.5 Å². The van der Waals surface area contributed by atoms with Crippen LogP contribution in [0.1, 0.15) is 6.92 Å². The van der Waals surface area contributed by atoms with Gasteiger partial charge in [-0.05, 0) is 19.1 Å². The van der Waals surface area contributed by atoms with E-state index < -0.39 is 6.04 Å². The van der Waals surface area contributed by atoms with Crippen LogP contribution in [-0.4, -0.2) is 26.2 Å². The largest absolute Gasteiger partial charge is 0.495 e. The molecule has 0 aliphatic heterocycles. The number of nitrogens with one attached hydrogen (secondary N) is 1. The first-order chi connectivity index (χ1) is 7.58. The number of anilines is 1. The molecule has 0 spiro atoms. The summed E-state index contributed by atoms with van der Waals surface area (Å²) < 4.78 is 9.75. The molecular weight excluding hydrogens is 230 g/mol. The summed E-state index contributed by atoms with van der Waals surface area (Å²) in [5, 5.41) is 3.56. The van der Waals surface area contributed by atoms with Gasteiger partial charge in [0, 0.05) is 11.1 Å². The molecule has 1 aromatic rings. The lowest BCUT2D eigenvalue weighted by Gasteiger charge is -2.15. The van der Waals surface area contributed by atoms with Gasteiger partial charge in [0.1, 0.15) is 11.8 Å². The first kappa shape index (κ1) is 12.6. The lowest BCUT2D eigenvalue weighted by atomic mass is 10.2. The molecule has 1 unspecified atom stereocenters. The van der Waals surface area contributed by atoms with Crippen LogP contribution in [0.4, 0.5) is 5.69 Å². The molecular formula is C11H14ClNO3. The molecule has 16 heavy (non-hydrogen) atoms. The van der Waals surface area contributed by atoms with Crippen molar-refractivity contribution in [1.29, 1.82) is 0 Å². The Morgan fingerprint density at radius 2 is 2.12 bits per heavy atom. The topological polar surface area (TPSA) is 47.6 Å². The number of esters is 1. The van der Waals surface area contributed by atoms with E-state index in [1.807, 2.05) is 0 Å². The van der Waals surface area contributed by atoms with Crippen LogP contribution in [0.5, 0.6) is 5.75 Å². The molecule has 88 valence electrons. The van der Waals surface area contributed by atoms with Crippen LogP contribution in [0, 0.1) is 0 Å². The number of rotatable bonds is 4. The third kappa shape index (κ3) is 3.03. The van der Waals surface area contributed by atoms with Crippen LogP contribution >= 0.6 is 11.6 Å². The molecule has 0 fully saturated rings. The quantitative estimate of drug-likeness (QED) is 0.825. The lowest BCUT2D eigenvalue weighted by molar-refractivity contribution is -0.141. The van der Waals surface area contributed by atoms with Gasteiger partial charge in [-0.2, -0.15) is 0 Å². The maximum Gasteiger partial charge on any atom is 0.327 e. The molecule has 0 aromatic heterocycles. The minimum atomic E-state index is -0.444. The van der Waals surface area contributed by atoms with Gasteiger partial charge in [-0.3, -0.25) is 0 Å². The summed E-state index contributed by atoms with van der Waals surface area (Å²) in [5.41, 5.74) is 0.699. The number of hydrogen-bond acceptors (Lipinski definition) is 4. The predicted octanol–water partition coefficient (Wildman–Crippen LogP) is 2.32. The zero-order valence-electron chi connectivity index (χ0n) is 9.41. The van der Waals surface area contributed by atoms with E-state index in [9.17, 15) is 4.79 Å². The maximum absolute atomic E-state index is 11.2. The van der Waals surface area contributed by atoms with Gasteiger partial charge in [0.2, 0.25) is 0 Å². The Hall–Kier alpha value is -1.42. The van der Waals surface area contributed by atoms with E-state index in [-0.39, 0.29) is 5.97 Å². The smallest absolute Gasteiger partial charge is 0.327 e. The fourth-order valence-corrected chi connectivity index (χ4v) is 1.42. The van der Waals surface area contributed by atoms with E-state index in [0.717, 1.165) is 0 Å². The molecule has 0 saturated heterocycles. The first-order valence-electron chi connectivity index (χ1n) is 4.76. The molecule has 4 nitrogen and oxygen atoms in total. The van der Waals surface area contributed by atoms with Crippen LogP contribution in [0.2, 0.25) is 5.02 Å². The van der Waals surface area contributed by atoms with Gasteiger partial charge in [0.25, 0.3) is 0 Å². The van der Waals surface area contributed by atoms with Crippen molar-refractivity contribution in [1.82, 2.24) is 0 Å². The molecule has 1 atom stereocenters. The lowest BCUT2D eigenvalue weighted by Crippen LogP contribution is -2.27. The van der Waals surface area contributed by atoms with Crippen LogP contribution in [-0.2, 0) is 9.53 Å². The molecule has 0 aliphatic rings.